The second-order valence-corrected chi connectivity index (χ2v) is 8.13. The molecule has 0 spiro atoms. The van der Waals surface area contributed by atoms with Crippen LogP contribution >= 0.6 is 0 Å². The zero-order chi connectivity index (χ0) is 22.4. The minimum atomic E-state index is -1.52. The molecular weight excluding hydrogens is 413 g/mol. The summed E-state index contributed by atoms with van der Waals surface area (Å²) in [5, 5.41) is 13.2. The Labute approximate surface area is 177 Å². The Morgan fingerprint density at radius 3 is 2.48 bits per heavy atom. The molecule has 2 N–H and O–H groups in total. The Balaban J connectivity index is 1.42. The number of nitrogens with zero attached hydrogens (tertiary/aromatic N) is 3. The maximum Gasteiger partial charge on any atom is 0.225 e. The van der Waals surface area contributed by atoms with Crippen LogP contribution in [0, 0.1) is 24.4 Å². The SMILES string of the molecule is Cc1nc(NC2CC(Oc3cc(F)c(F)c(F)c3)C2)nc2c1CC(=O)[C@H]([C@H](C)O)N2C. The average molecular weight is 436 g/mol. The quantitative estimate of drug-likeness (QED) is 0.697. The first-order valence-electron chi connectivity index (χ1n) is 10.0. The largest absolute Gasteiger partial charge is 0.490 e. The number of benzene rings is 1. The van der Waals surface area contributed by atoms with Crippen LogP contribution in [0.4, 0.5) is 24.9 Å². The van der Waals surface area contributed by atoms with Crippen molar-refractivity contribution >= 4 is 17.5 Å². The first-order chi connectivity index (χ1) is 14.6. The van der Waals surface area contributed by atoms with E-state index in [-0.39, 0.29) is 30.1 Å². The average Bonchev–Trinajstić information content (AvgIpc) is 2.65. The maximum atomic E-state index is 13.3. The lowest BCUT2D eigenvalue weighted by Gasteiger charge is -2.37. The summed E-state index contributed by atoms with van der Waals surface area (Å²) in [4.78, 5) is 23.0. The molecular formula is C21H23F3N4O3. The molecule has 0 saturated heterocycles. The van der Waals surface area contributed by atoms with Gasteiger partial charge in [0.1, 0.15) is 23.7 Å². The van der Waals surface area contributed by atoms with Crippen molar-refractivity contribution in [2.24, 2.45) is 0 Å². The molecule has 2 atom stereocenters. The first kappa shape index (κ1) is 21.4. The molecule has 4 rings (SSSR count). The summed E-state index contributed by atoms with van der Waals surface area (Å²) in [6.07, 6.45) is 0.157. The Kier molecular flexibility index (Phi) is 5.50. The fourth-order valence-electron chi connectivity index (χ4n) is 4.12. The van der Waals surface area contributed by atoms with E-state index in [1.165, 1.54) is 0 Å². The molecule has 1 aromatic carbocycles. The topological polar surface area (TPSA) is 87.6 Å². The third-order valence-corrected chi connectivity index (χ3v) is 5.77. The van der Waals surface area contributed by atoms with Crippen molar-refractivity contribution < 1.29 is 27.8 Å². The number of carbonyl (C=O) groups is 1. The van der Waals surface area contributed by atoms with E-state index < -0.39 is 29.6 Å². The molecule has 1 saturated carbocycles. The number of fused-ring (bicyclic) bond motifs is 1. The predicted octanol–water partition coefficient (Wildman–Crippen LogP) is 2.54. The number of carbonyl (C=O) groups excluding carboxylic acids is 1. The van der Waals surface area contributed by atoms with Crippen molar-refractivity contribution in [1.29, 1.82) is 0 Å². The normalized spacial score (nSPS) is 23.8. The number of halogens is 3. The van der Waals surface area contributed by atoms with Crippen LogP contribution in [0.2, 0.25) is 0 Å². The Bertz CT molecular complexity index is 1000. The number of likely N-dealkylation sites (N-methyl/N-ethyl adjacent to an activating group) is 1. The fourth-order valence-corrected chi connectivity index (χ4v) is 4.12. The molecule has 10 heteroatoms. The molecule has 2 aliphatic rings. The summed E-state index contributed by atoms with van der Waals surface area (Å²) < 4.78 is 45.2. The van der Waals surface area contributed by atoms with E-state index >= 15 is 0 Å². The van der Waals surface area contributed by atoms with Crippen LogP contribution < -0.4 is 15.0 Å². The lowest BCUT2D eigenvalue weighted by molar-refractivity contribution is -0.122. The monoisotopic (exact) mass is 436 g/mol. The number of aliphatic hydroxyl groups excluding tert-OH is 1. The highest BCUT2D eigenvalue weighted by Crippen LogP contribution is 2.33. The van der Waals surface area contributed by atoms with E-state index in [0.29, 0.717) is 30.3 Å². The van der Waals surface area contributed by atoms with Crippen molar-refractivity contribution in [1.82, 2.24) is 9.97 Å². The predicted molar refractivity (Wildman–Crippen MR) is 107 cm³/mol. The van der Waals surface area contributed by atoms with E-state index in [1.807, 2.05) is 0 Å². The highest BCUT2D eigenvalue weighted by molar-refractivity contribution is 5.93. The zero-order valence-electron chi connectivity index (χ0n) is 17.3. The van der Waals surface area contributed by atoms with Gasteiger partial charge >= 0.3 is 0 Å². The van der Waals surface area contributed by atoms with Crippen molar-refractivity contribution in [2.45, 2.75) is 57.4 Å². The van der Waals surface area contributed by atoms with E-state index in [9.17, 15) is 23.1 Å². The van der Waals surface area contributed by atoms with Gasteiger partial charge < -0.3 is 20.1 Å². The molecule has 7 nitrogen and oxygen atoms in total. The number of hydrogen-bond donors (Lipinski definition) is 2. The van der Waals surface area contributed by atoms with Gasteiger partial charge in [-0.25, -0.2) is 18.2 Å². The van der Waals surface area contributed by atoms with Gasteiger partial charge in [0.25, 0.3) is 0 Å². The fraction of sp³-hybridized carbons (Fsp3) is 0.476. The van der Waals surface area contributed by atoms with Gasteiger partial charge in [-0.05, 0) is 13.8 Å². The van der Waals surface area contributed by atoms with E-state index in [1.54, 1.807) is 25.8 Å². The summed E-state index contributed by atoms with van der Waals surface area (Å²) in [5.41, 5.74) is 1.42. The Morgan fingerprint density at radius 2 is 1.87 bits per heavy atom. The number of ketones is 1. The summed E-state index contributed by atoms with van der Waals surface area (Å²) in [5.74, 6) is -3.25. The first-order valence-corrected chi connectivity index (χ1v) is 10.0. The smallest absolute Gasteiger partial charge is 0.225 e. The van der Waals surface area contributed by atoms with Gasteiger partial charge in [-0.1, -0.05) is 0 Å². The number of aryl methyl sites for hydroxylation is 1. The summed E-state index contributed by atoms with van der Waals surface area (Å²) in [6.45, 7) is 3.38. The Hall–Kier alpha value is -2.88. The number of aromatic nitrogens is 2. The van der Waals surface area contributed by atoms with Gasteiger partial charge in [-0.2, -0.15) is 4.98 Å². The molecule has 2 aromatic rings. The van der Waals surface area contributed by atoms with E-state index in [4.69, 9.17) is 4.74 Å². The van der Waals surface area contributed by atoms with Gasteiger partial charge in [-0.3, -0.25) is 4.79 Å². The van der Waals surface area contributed by atoms with Crippen molar-refractivity contribution in [3.8, 4) is 5.75 Å². The lowest BCUT2D eigenvalue weighted by Crippen LogP contribution is -2.50. The highest BCUT2D eigenvalue weighted by atomic mass is 19.2. The summed E-state index contributed by atoms with van der Waals surface area (Å²) in [6, 6.07) is 0.976. The summed E-state index contributed by atoms with van der Waals surface area (Å²) >= 11 is 0. The van der Waals surface area contributed by atoms with Crippen LogP contribution in [0.5, 0.6) is 5.75 Å². The van der Waals surface area contributed by atoms with E-state index in [0.717, 1.165) is 17.7 Å². The van der Waals surface area contributed by atoms with Gasteiger partial charge in [0.15, 0.2) is 23.2 Å². The van der Waals surface area contributed by atoms with Crippen molar-refractivity contribution in [2.75, 3.05) is 17.3 Å². The van der Waals surface area contributed by atoms with E-state index in [2.05, 4.69) is 15.3 Å². The van der Waals surface area contributed by atoms with Gasteiger partial charge in [0, 0.05) is 55.7 Å². The van der Waals surface area contributed by atoms with Crippen LogP contribution in [0.3, 0.4) is 0 Å². The third kappa shape index (κ3) is 4.04. The highest BCUT2D eigenvalue weighted by Gasteiger charge is 2.37. The van der Waals surface area contributed by atoms with Crippen molar-refractivity contribution in [3.63, 3.8) is 0 Å². The zero-order valence-corrected chi connectivity index (χ0v) is 17.3. The second-order valence-electron chi connectivity index (χ2n) is 8.13. The van der Waals surface area contributed by atoms with Gasteiger partial charge in [-0.15, -0.1) is 0 Å². The molecule has 166 valence electrons. The second kappa shape index (κ2) is 7.99. The van der Waals surface area contributed by atoms with Crippen LogP contribution in [0.25, 0.3) is 0 Å². The molecule has 0 radical (unpaired) electrons. The maximum absolute atomic E-state index is 13.3. The van der Waals surface area contributed by atoms with Crippen LogP contribution in [0.1, 0.15) is 31.0 Å². The number of rotatable bonds is 5. The number of aliphatic hydroxyl groups is 1. The number of ether oxygens (including phenoxy) is 1. The van der Waals surface area contributed by atoms with Crippen LogP contribution in [-0.4, -0.2) is 52.2 Å². The number of hydrogen-bond acceptors (Lipinski definition) is 7. The van der Waals surface area contributed by atoms with Crippen molar-refractivity contribution in [3.05, 3.63) is 40.8 Å². The molecule has 0 bridgehead atoms. The molecule has 1 aromatic heterocycles. The minimum Gasteiger partial charge on any atom is -0.490 e. The molecule has 2 heterocycles. The molecule has 1 aliphatic heterocycles. The molecule has 1 fully saturated rings. The number of nitrogens with one attached hydrogen (secondary N) is 1. The summed E-state index contributed by atoms with van der Waals surface area (Å²) in [7, 11) is 1.72. The standard InChI is InChI=1S/C21H23F3N4O3/c1-9-14-8-17(30)19(10(2)29)28(3)20(14)27-21(25-9)26-11-4-12(5-11)31-13-6-15(22)18(24)16(23)7-13/h6-7,10-12,19,29H,4-5,8H2,1-3H3,(H,25,26,27)/t10-,11?,12?,19-/m0/s1. The minimum absolute atomic E-state index is 0.0133. The molecule has 1 aliphatic carbocycles. The Morgan fingerprint density at radius 1 is 1.23 bits per heavy atom. The number of anilines is 2. The molecule has 0 amide bonds. The molecule has 0 unspecified atom stereocenters. The van der Waals surface area contributed by atoms with Gasteiger partial charge in [0.05, 0.1) is 6.10 Å². The third-order valence-electron chi connectivity index (χ3n) is 5.77. The van der Waals surface area contributed by atoms with Crippen LogP contribution in [0.15, 0.2) is 12.1 Å². The van der Waals surface area contributed by atoms with Gasteiger partial charge in [0.2, 0.25) is 5.95 Å². The molecule has 31 heavy (non-hydrogen) atoms. The lowest BCUT2D eigenvalue weighted by atomic mass is 9.89. The van der Waals surface area contributed by atoms with Crippen LogP contribution in [-0.2, 0) is 11.2 Å². The number of Topliss-reactive ketones (excluding diaryl/α,β-unsaturated/α-hetero) is 1.